The van der Waals surface area contributed by atoms with Gasteiger partial charge in [-0.1, -0.05) is 49.7 Å². The Bertz CT molecular complexity index is 603. The lowest BCUT2D eigenvalue weighted by Crippen LogP contribution is -2.25. The van der Waals surface area contributed by atoms with Gasteiger partial charge in [-0.15, -0.1) is 0 Å². The van der Waals surface area contributed by atoms with Crippen LogP contribution in [0.15, 0.2) is 54.9 Å². The zero-order valence-electron chi connectivity index (χ0n) is 12.1. The summed E-state index contributed by atoms with van der Waals surface area (Å²) >= 11 is 0. The van der Waals surface area contributed by atoms with Crippen LogP contribution in [0.5, 0.6) is 0 Å². The molecule has 0 saturated heterocycles. The molecular formula is C18H22N2. The molecule has 0 bridgehead atoms. The van der Waals surface area contributed by atoms with E-state index in [1.165, 1.54) is 35.7 Å². The van der Waals surface area contributed by atoms with Crippen molar-refractivity contribution in [1.82, 2.24) is 9.80 Å². The predicted octanol–water partition coefficient (Wildman–Crippen LogP) is 4.19. The van der Waals surface area contributed by atoms with Gasteiger partial charge >= 0.3 is 0 Å². The first-order valence-corrected chi connectivity index (χ1v) is 7.49. The minimum atomic E-state index is 0.990. The highest BCUT2D eigenvalue weighted by atomic mass is 15.3. The molecule has 0 fully saturated rings. The summed E-state index contributed by atoms with van der Waals surface area (Å²) in [5.74, 6) is 0. The van der Waals surface area contributed by atoms with Gasteiger partial charge in [-0.25, -0.2) is 0 Å². The SMILES string of the molecule is CCCCN1C=CN(Cc2ccc3ccccc3c2)C1. The van der Waals surface area contributed by atoms with Crippen LogP contribution in [0.25, 0.3) is 10.8 Å². The molecule has 104 valence electrons. The van der Waals surface area contributed by atoms with E-state index in [-0.39, 0.29) is 0 Å². The lowest BCUT2D eigenvalue weighted by atomic mass is 10.1. The maximum Gasteiger partial charge on any atom is 0.0897 e. The van der Waals surface area contributed by atoms with Crippen molar-refractivity contribution in [1.29, 1.82) is 0 Å². The highest BCUT2D eigenvalue weighted by Crippen LogP contribution is 2.18. The van der Waals surface area contributed by atoms with Gasteiger partial charge in [0.05, 0.1) is 6.67 Å². The average molecular weight is 266 g/mol. The Hall–Kier alpha value is -1.96. The van der Waals surface area contributed by atoms with Gasteiger partial charge in [0, 0.05) is 25.5 Å². The summed E-state index contributed by atoms with van der Waals surface area (Å²) in [6.45, 7) is 5.42. The van der Waals surface area contributed by atoms with Gasteiger partial charge in [0.1, 0.15) is 0 Å². The first-order valence-electron chi connectivity index (χ1n) is 7.49. The van der Waals surface area contributed by atoms with Gasteiger partial charge in [0.25, 0.3) is 0 Å². The minimum absolute atomic E-state index is 0.990. The van der Waals surface area contributed by atoms with E-state index in [0.29, 0.717) is 0 Å². The van der Waals surface area contributed by atoms with Crippen molar-refractivity contribution < 1.29 is 0 Å². The quantitative estimate of drug-likeness (QED) is 0.800. The van der Waals surface area contributed by atoms with E-state index in [1.807, 2.05) is 0 Å². The van der Waals surface area contributed by atoms with Crippen LogP contribution in [-0.4, -0.2) is 23.0 Å². The van der Waals surface area contributed by atoms with E-state index >= 15 is 0 Å². The standard InChI is InChI=1S/C18H22N2/c1-2-3-10-19-11-12-20(15-19)14-16-8-9-17-6-4-5-7-18(17)13-16/h4-9,11-13H,2-3,10,14-15H2,1H3. The fraction of sp³-hybridized carbons (Fsp3) is 0.333. The van der Waals surface area contributed by atoms with Crippen LogP contribution >= 0.6 is 0 Å². The van der Waals surface area contributed by atoms with Crippen molar-refractivity contribution in [2.45, 2.75) is 26.3 Å². The smallest absolute Gasteiger partial charge is 0.0897 e. The summed E-state index contributed by atoms with van der Waals surface area (Å²) in [4.78, 5) is 4.77. The van der Waals surface area contributed by atoms with Crippen molar-refractivity contribution in [3.05, 3.63) is 60.4 Å². The third-order valence-corrected chi connectivity index (χ3v) is 3.85. The van der Waals surface area contributed by atoms with E-state index in [9.17, 15) is 0 Å². The fourth-order valence-electron chi connectivity index (χ4n) is 2.70. The van der Waals surface area contributed by atoms with Crippen LogP contribution in [0.3, 0.4) is 0 Å². The molecule has 0 amide bonds. The normalized spacial score (nSPS) is 14.4. The Labute approximate surface area is 121 Å². The Morgan fingerprint density at radius 3 is 2.60 bits per heavy atom. The summed E-state index contributed by atoms with van der Waals surface area (Å²) in [6, 6.07) is 15.3. The van der Waals surface area contributed by atoms with Crippen molar-refractivity contribution in [3.8, 4) is 0 Å². The summed E-state index contributed by atoms with van der Waals surface area (Å²) < 4.78 is 0. The van der Waals surface area contributed by atoms with Crippen LogP contribution in [0.4, 0.5) is 0 Å². The van der Waals surface area contributed by atoms with Gasteiger partial charge < -0.3 is 9.80 Å². The summed E-state index contributed by atoms with van der Waals surface area (Å²) in [7, 11) is 0. The van der Waals surface area contributed by atoms with Crippen molar-refractivity contribution in [2.24, 2.45) is 0 Å². The molecule has 2 heteroatoms. The zero-order chi connectivity index (χ0) is 13.8. The summed E-state index contributed by atoms with van der Waals surface area (Å²) in [5, 5.41) is 2.65. The Morgan fingerprint density at radius 1 is 0.950 bits per heavy atom. The number of rotatable bonds is 5. The molecular weight excluding hydrogens is 244 g/mol. The zero-order valence-corrected chi connectivity index (χ0v) is 12.1. The maximum atomic E-state index is 2.39. The predicted molar refractivity (Wildman–Crippen MR) is 85.1 cm³/mol. The average Bonchev–Trinajstić information content (AvgIpc) is 2.92. The van der Waals surface area contributed by atoms with E-state index in [1.54, 1.807) is 0 Å². The number of fused-ring (bicyclic) bond motifs is 1. The first-order chi connectivity index (χ1) is 9.85. The molecule has 0 saturated carbocycles. The molecule has 20 heavy (non-hydrogen) atoms. The molecule has 0 atom stereocenters. The number of nitrogens with zero attached hydrogens (tertiary/aromatic N) is 2. The van der Waals surface area contributed by atoms with E-state index < -0.39 is 0 Å². The Balaban J connectivity index is 1.64. The van der Waals surface area contributed by atoms with E-state index in [2.05, 4.69) is 71.6 Å². The monoisotopic (exact) mass is 266 g/mol. The number of hydrogen-bond donors (Lipinski definition) is 0. The number of hydrogen-bond acceptors (Lipinski definition) is 2. The highest BCUT2D eigenvalue weighted by molar-refractivity contribution is 5.82. The highest BCUT2D eigenvalue weighted by Gasteiger charge is 2.11. The van der Waals surface area contributed by atoms with Crippen molar-refractivity contribution >= 4 is 10.8 Å². The molecule has 2 aromatic rings. The van der Waals surface area contributed by atoms with Gasteiger partial charge in [-0.05, 0) is 28.8 Å². The lowest BCUT2D eigenvalue weighted by molar-refractivity contribution is 0.257. The Morgan fingerprint density at radius 2 is 1.75 bits per heavy atom. The van der Waals surface area contributed by atoms with Crippen LogP contribution in [0, 0.1) is 0 Å². The van der Waals surface area contributed by atoms with E-state index in [0.717, 1.165) is 13.2 Å². The molecule has 1 aliphatic heterocycles. The van der Waals surface area contributed by atoms with Crippen LogP contribution < -0.4 is 0 Å². The molecule has 0 radical (unpaired) electrons. The summed E-state index contributed by atoms with van der Waals surface area (Å²) in [5.41, 5.74) is 1.38. The lowest BCUT2D eigenvalue weighted by Gasteiger charge is -2.21. The molecule has 0 spiro atoms. The number of unbranched alkanes of at least 4 members (excludes halogenated alkanes) is 1. The molecule has 1 aliphatic rings. The second-order valence-electron chi connectivity index (χ2n) is 5.53. The van der Waals surface area contributed by atoms with Crippen LogP contribution in [-0.2, 0) is 6.54 Å². The largest absolute Gasteiger partial charge is 0.359 e. The molecule has 0 aromatic heterocycles. The van der Waals surface area contributed by atoms with Crippen molar-refractivity contribution in [3.63, 3.8) is 0 Å². The van der Waals surface area contributed by atoms with Crippen LogP contribution in [0.1, 0.15) is 25.3 Å². The van der Waals surface area contributed by atoms with E-state index in [4.69, 9.17) is 0 Å². The second-order valence-corrected chi connectivity index (χ2v) is 5.53. The fourth-order valence-corrected chi connectivity index (χ4v) is 2.70. The van der Waals surface area contributed by atoms with Crippen LogP contribution in [0.2, 0.25) is 0 Å². The second kappa shape index (κ2) is 6.00. The molecule has 0 N–H and O–H groups in total. The number of benzene rings is 2. The van der Waals surface area contributed by atoms with Gasteiger partial charge in [-0.3, -0.25) is 0 Å². The third kappa shape index (κ3) is 2.96. The molecule has 1 heterocycles. The first kappa shape index (κ1) is 13.0. The summed E-state index contributed by atoms with van der Waals surface area (Å²) in [6.07, 6.45) is 6.96. The minimum Gasteiger partial charge on any atom is -0.359 e. The molecule has 2 nitrogen and oxygen atoms in total. The molecule has 0 aliphatic carbocycles. The van der Waals surface area contributed by atoms with Crippen molar-refractivity contribution in [2.75, 3.05) is 13.2 Å². The molecule has 0 unspecified atom stereocenters. The molecule has 2 aromatic carbocycles. The third-order valence-electron chi connectivity index (χ3n) is 3.85. The molecule has 3 rings (SSSR count). The topological polar surface area (TPSA) is 6.48 Å². The van der Waals surface area contributed by atoms with Gasteiger partial charge in [-0.2, -0.15) is 0 Å². The van der Waals surface area contributed by atoms with Gasteiger partial charge in [0.15, 0.2) is 0 Å². The maximum absolute atomic E-state index is 2.39. The Kier molecular flexibility index (Phi) is 3.91. The van der Waals surface area contributed by atoms with Gasteiger partial charge in [0.2, 0.25) is 0 Å².